The Bertz CT molecular complexity index is 898. The first-order valence-electron chi connectivity index (χ1n) is 9.64. The first-order chi connectivity index (χ1) is 13.7. The summed E-state index contributed by atoms with van der Waals surface area (Å²) < 4.78 is 0. The number of carbonyl (C=O) groups excluding carboxylic acids is 5. The predicted molar refractivity (Wildman–Crippen MR) is 101 cm³/mol. The van der Waals surface area contributed by atoms with Gasteiger partial charge in [-0.3, -0.25) is 29.0 Å². The minimum absolute atomic E-state index is 0.240. The zero-order valence-electron chi connectivity index (χ0n) is 16.3. The van der Waals surface area contributed by atoms with Gasteiger partial charge in [0.1, 0.15) is 12.1 Å². The van der Waals surface area contributed by atoms with E-state index in [2.05, 4.69) is 5.32 Å². The highest BCUT2D eigenvalue weighted by atomic mass is 16.2. The number of amides is 6. The van der Waals surface area contributed by atoms with Crippen LogP contribution in [0.2, 0.25) is 0 Å². The largest absolute Gasteiger partial charge is 0.341 e. The van der Waals surface area contributed by atoms with Crippen LogP contribution in [0, 0.1) is 0 Å². The van der Waals surface area contributed by atoms with Crippen molar-refractivity contribution in [1.29, 1.82) is 0 Å². The van der Waals surface area contributed by atoms with Gasteiger partial charge in [-0.05, 0) is 38.8 Å². The van der Waals surface area contributed by atoms with E-state index in [1.165, 1.54) is 9.80 Å². The highest BCUT2D eigenvalue weighted by Crippen LogP contribution is 2.31. The monoisotopic (exact) mass is 398 g/mol. The number of rotatable bonds is 3. The molecule has 3 aliphatic rings. The summed E-state index contributed by atoms with van der Waals surface area (Å²) in [7, 11) is 0. The van der Waals surface area contributed by atoms with Crippen molar-refractivity contribution >= 4 is 29.7 Å². The second-order valence-electron chi connectivity index (χ2n) is 7.90. The van der Waals surface area contributed by atoms with Crippen molar-refractivity contribution in [3.8, 4) is 0 Å². The average Bonchev–Trinajstić information content (AvgIpc) is 3.08. The van der Waals surface area contributed by atoms with E-state index >= 15 is 0 Å². The lowest BCUT2D eigenvalue weighted by molar-refractivity contribution is -0.139. The Kier molecular flexibility index (Phi) is 4.40. The van der Waals surface area contributed by atoms with Crippen LogP contribution >= 0.6 is 0 Å². The fourth-order valence-corrected chi connectivity index (χ4v) is 4.20. The van der Waals surface area contributed by atoms with Gasteiger partial charge in [-0.25, -0.2) is 4.79 Å². The van der Waals surface area contributed by atoms with Crippen LogP contribution < -0.4 is 5.32 Å². The van der Waals surface area contributed by atoms with Gasteiger partial charge in [0.25, 0.3) is 17.7 Å². The fraction of sp³-hybridized carbons (Fsp3) is 0.450. The number of piperidine rings is 1. The number of nitrogens with zero attached hydrogens (tertiary/aromatic N) is 3. The van der Waals surface area contributed by atoms with Crippen LogP contribution in [0.5, 0.6) is 0 Å². The minimum Gasteiger partial charge on any atom is -0.341 e. The van der Waals surface area contributed by atoms with Crippen molar-refractivity contribution in [2.45, 2.75) is 38.3 Å². The summed E-state index contributed by atoms with van der Waals surface area (Å²) in [5.74, 6) is -1.56. The second kappa shape index (κ2) is 6.68. The molecule has 0 bridgehead atoms. The van der Waals surface area contributed by atoms with E-state index in [4.69, 9.17) is 0 Å². The molecule has 3 aliphatic heterocycles. The highest BCUT2D eigenvalue weighted by molar-refractivity contribution is 6.22. The normalized spacial score (nSPS) is 20.7. The number of hydrogen-bond acceptors (Lipinski definition) is 5. The third-order valence-electron chi connectivity index (χ3n) is 5.85. The lowest BCUT2D eigenvalue weighted by atomic mass is 9.87. The molecule has 9 heteroatoms. The number of benzene rings is 1. The van der Waals surface area contributed by atoms with Crippen LogP contribution in [0.3, 0.4) is 0 Å². The molecule has 2 saturated heterocycles. The van der Waals surface area contributed by atoms with E-state index in [-0.39, 0.29) is 37.5 Å². The molecule has 1 aromatic rings. The van der Waals surface area contributed by atoms with Crippen LogP contribution in [0.15, 0.2) is 24.3 Å². The molecular weight excluding hydrogens is 376 g/mol. The van der Waals surface area contributed by atoms with Crippen molar-refractivity contribution in [3.05, 3.63) is 35.4 Å². The molecule has 4 rings (SSSR count). The van der Waals surface area contributed by atoms with Crippen molar-refractivity contribution in [2.24, 2.45) is 0 Å². The summed E-state index contributed by atoms with van der Waals surface area (Å²) in [4.78, 5) is 66.2. The number of imide groups is 2. The van der Waals surface area contributed by atoms with Gasteiger partial charge in [0.15, 0.2) is 0 Å². The number of carbonyl (C=O) groups is 5. The second-order valence-corrected chi connectivity index (χ2v) is 7.90. The molecule has 29 heavy (non-hydrogen) atoms. The van der Waals surface area contributed by atoms with Gasteiger partial charge in [0.05, 0.1) is 11.1 Å². The van der Waals surface area contributed by atoms with Gasteiger partial charge in [-0.15, -0.1) is 0 Å². The van der Waals surface area contributed by atoms with E-state index in [0.717, 1.165) is 4.90 Å². The Morgan fingerprint density at radius 3 is 2.07 bits per heavy atom. The molecule has 0 unspecified atom stereocenters. The Balaban J connectivity index is 1.41. The number of likely N-dealkylation sites (tertiary alicyclic amines) is 1. The average molecular weight is 398 g/mol. The topological polar surface area (TPSA) is 107 Å². The Morgan fingerprint density at radius 1 is 1.03 bits per heavy atom. The molecule has 9 nitrogen and oxygen atoms in total. The molecule has 6 amide bonds. The zero-order valence-corrected chi connectivity index (χ0v) is 16.3. The van der Waals surface area contributed by atoms with Gasteiger partial charge in [0, 0.05) is 19.1 Å². The van der Waals surface area contributed by atoms with Gasteiger partial charge in [-0.1, -0.05) is 12.1 Å². The Hall–Kier alpha value is -3.23. The van der Waals surface area contributed by atoms with E-state index < -0.39 is 23.4 Å². The molecule has 0 saturated carbocycles. The first-order valence-corrected chi connectivity index (χ1v) is 9.64. The molecule has 2 fully saturated rings. The third kappa shape index (κ3) is 2.88. The smallest absolute Gasteiger partial charge is 0.325 e. The molecule has 152 valence electrons. The predicted octanol–water partition coefficient (Wildman–Crippen LogP) is 0.604. The summed E-state index contributed by atoms with van der Waals surface area (Å²) in [6.45, 7) is 3.74. The maximum atomic E-state index is 12.7. The van der Waals surface area contributed by atoms with Crippen LogP contribution in [-0.2, 0) is 9.59 Å². The quantitative estimate of drug-likeness (QED) is 0.593. The van der Waals surface area contributed by atoms with Gasteiger partial charge >= 0.3 is 6.03 Å². The van der Waals surface area contributed by atoms with E-state index in [0.29, 0.717) is 24.0 Å². The summed E-state index contributed by atoms with van der Waals surface area (Å²) in [6.07, 6.45) is 0.600. The molecule has 0 aromatic heterocycles. The van der Waals surface area contributed by atoms with Crippen LogP contribution in [0.25, 0.3) is 0 Å². The first kappa shape index (κ1) is 19.1. The fourth-order valence-electron chi connectivity index (χ4n) is 4.20. The number of urea groups is 1. The lowest BCUT2D eigenvalue weighted by Crippen LogP contribution is -2.57. The van der Waals surface area contributed by atoms with E-state index in [9.17, 15) is 24.0 Å². The van der Waals surface area contributed by atoms with E-state index in [1.807, 2.05) is 0 Å². The molecule has 1 spiro atoms. The summed E-state index contributed by atoms with van der Waals surface area (Å²) in [5.41, 5.74) is -0.375. The standard InChI is InChI=1S/C20H22N4O5/c1-12(2)24-18(28)20(21-19(24)29)7-9-22(10-8-20)15(25)11-23-16(26)13-5-3-4-6-14(13)17(23)27/h3-6,12H,7-11H2,1-2H3,(H,21,29). The molecule has 0 radical (unpaired) electrons. The molecule has 3 heterocycles. The van der Waals surface area contributed by atoms with E-state index in [1.54, 1.807) is 38.1 Å². The zero-order chi connectivity index (χ0) is 20.9. The van der Waals surface area contributed by atoms with Crippen molar-refractivity contribution in [3.63, 3.8) is 0 Å². The summed E-state index contributed by atoms with van der Waals surface area (Å²) in [5, 5.41) is 2.79. The highest BCUT2D eigenvalue weighted by Gasteiger charge is 2.53. The van der Waals surface area contributed by atoms with Gasteiger partial charge < -0.3 is 10.2 Å². The van der Waals surface area contributed by atoms with Gasteiger partial charge in [-0.2, -0.15) is 0 Å². The molecule has 0 atom stereocenters. The number of nitrogens with one attached hydrogen (secondary N) is 1. The Labute approximate surface area is 167 Å². The number of fused-ring (bicyclic) bond motifs is 1. The van der Waals surface area contributed by atoms with Crippen molar-refractivity contribution < 1.29 is 24.0 Å². The van der Waals surface area contributed by atoms with Crippen LogP contribution in [-0.4, -0.2) is 75.6 Å². The summed E-state index contributed by atoms with van der Waals surface area (Å²) >= 11 is 0. The van der Waals surface area contributed by atoms with Crippen LogP contribution in [0.1, 0.15) is 47.4 Å². The van der Waals surface area contributed by atoms with Gasteiger partial charge in [0.2, 0.25) is 5.91 Å². The molecule has 0 aliphatic carbocycles. The molecular formula is C20H22N4O5. The minimum atomic E-state index is -0.979. The summed E-state index contributed by atoms with van der Waals surface area (Å²) in [6, 6.07) is 5.84. The van der Waals surface area contributed by atoms with Crippen LogP contribution in [0.4, 0.5) is 4.79 Å². The third-order valence-corrected chi connectivity index (χ3v) is 5.85. The van der Waals surface area contributed by atoms with Crippen molar-refractivity contribution in [2.75, 3.05) is 19.6 Å². The SMILES string of the molecule is CC(C)N1C(=O)NC2(CCN(C(=O)CN3C(=O)c4ccccc4C3=O)CC2)C1=O. The molecule has 1 aromatic carbocycles. The lowest BCUT2D eigenvalue weighted by Gasteiger charge is -2.37. The Morgan fingerprint density at radius 2 is 1.59 bits per heavy atom. The van der Waals surface area contributed by atoms with Crippen molar-refractivity contribution in [1.82, 2.24) is 20.0 Å². The number of hydrogen-bond donors (Lipinski definition) is 1. The maximum Gasteiger partial charge on any atom is 0.325 e. The maximum absolute atomic E-state index is 12.7. The molecule has 1 N–H and O–H groups in total.